The standard InChI is InChI=1S/C20H31FN2O3S/c1-15(2)5-4-6-16(3)22-20(24)17-11-13-23(14-12-17)27(25,26)19-9-7-18(21)8-10-19/h7-10,15-17H,4-6,11-14H2,1-3H3,(H,22,24)/t16-/m1/s1. The van der Waals surface area contributed by atoms with E-state index >= 15 is 0 Å². The number of amides is 1. The normalized spacial score (nSPS) is 17.8. The van der Waals surface area contributed by atoms with Crippen molar-refractivity contribution in [2.24, 2.45) is 11.8 Å². The molecule has 1 N–H and O–H groups in total. The van der Waals surface area contributed by atoms with E-state index in [2.05, 4.69) is 19.2 Å². The second kappa shape index (κ2) is 9.64. The number of hydrogen-bond donors (Lipinski definition) is 1. The van der Waals surface area contributed by atoms with Crippen molar-refractivity contribution in [1.29, 1.82) is 0 Å². The van der Waals surface area contributed by atoms with Gasteiger partial charge in [0.05, 0.1) is 4.90 Å². The minimum Gasteiger partial charge on any atom is -0.353 e. The largest absolute Gasteiger partial charge is 0.353 e. The van der Waals surface area contributed by atoms with Crippen molar-refractivity contribution in [2.75, 3.05) is 13.1 Å². The second-order valence-electron chi connectivity index (χ2n) is 7.87. The zero-order chi connectivity index (χ0) is 20.0. The summed E-state index contributed by atoms with van der Waals surface area (Å²) in [6.07, 6.45) is 4.21. The van der Waals surface area contributed by atoms with Crippen LogP contribution in [-0.4, -0.2) is 37.8 Å². The van der Waals surface area contributed by atoms with E-state index in [-0.39, 0.29) is 22.8 Å². The van der Waals surface area contributed by atoms with Crippen LogP contribution in [0.15, 0.2) is 29.2 Å². The number of hydrogen-bond acceptors (Lipinski definition) is 3. The number of carbonyl (C=O) groups excluding carboxylic acids is 1. The molecule has 0 unspecified atom stereocenters. The molecule has 0 aliphatic carbocycles. The molecule has 7 heteroatoms. The molecule has 0 bridgehead atoms. The van der Waals surface area contributed by atoms with Crippen molar-refractivity contribution in [1.82, 2.24) is 9.62 Å². The van der Waals surface area contributed by atoms with Gasteiger partial charge in [0, 0.05) is 25.0 Å². The highest BCUT2D eigenvalue weighted by Crippen LogP contribution is 2.24. The fraction of sp³-hybridized carbons (Fsp3) is 0.650. The molecular weight excluding hydrogens is 367 g/mol. The van der Waals surface area contributed by atoms with E-state index in [4.69, 9.17) is 0 Å². The number of sulfonamides is 1. The minimum absolute atomic E-state index is 0.0193. The topological polar surface area (TPSA) is 66.5 Å². The molecule has 1 amide bonds. The molecule has 152 valence electrons. The summed E-state index contributed by atoms with van der Waals surface area (Å²) in [6, 6.07) is 4.99. The van der Waals surface area contributed by atoms with Gasteiger partial charge in [0.2, 0.25) is 15.9 Å². The van der Waals surface area contributed by atoms with Gasteiger partial charge in [0.1, 0.15) is 5.82 Å². The lowest BCUT2D eigenvalue weighted by atomic mass is 9.96. The van der Waals surface area contributed by atoms with Crippen molar-refractivity contribution in [3.05, 3.63) is 30.1 Å². The fourth-order valence-electron chi connectivity index (χ4n) is 3.38. The zero-order valence-electron chi connectivity index (χ0n) is 16.4. The van der Waals surface area contributed by atoms with Crippen LogP contribution in [0.1, 0.15) is 52.9 Å². The highest BCUT2D eigenvalue weighted by molar-refractivity contribution is 7.89. The first kappa shape index (κ1) is 21.8. The van der Waals surface area contributed by atoms with Gasteiger partial charge in [-0.2, -0.15) is 4.31 Å². The molecule has 1 fully saturated rings. The van der Waals surface area contributed by atoms with Crippen LogP contribution in [0.2, 0.25) is 0 Å². The lowest BCUT2D eigenvalue weighted by Crippen LogP contribution is -2.44. The van der Waals surface area contributed by atoms with Crippen LogP contribution in [0, 0.1) is 17.7 Å². The third-order valence-corrected chi connectivity index (χ3v) is 7.00. The van der Waals surface area contributed by atoms with Crippen LogP contribution < -0.4 is 5.32 Å². The fourth-order valence-corrected chi connectivity index (χ4v) is 4.85. The lowest BCUT2D eigenvalue weighted by molar-refractivity contribution is -0.126. The van der Waals surface area contributed by atoms with Crippen molar-refractivity contribution in [3.63, 3.8) is 0 Å². The summed E-state index contributed by atoms with van der Waals surface area (Å²) in [6.45, 7) is 7.01. The molecular formula is C20H31FN2O3S. The van der Waals surface area contributed by atoms with Gasteiger partial charge in [0.25, 0.3) is 0 Å². The number of halogens is 1. The van der Waals surface area contributed by atoms with Gasteiger partial charge in [-0.25, -0.2) is 12.8 Å². The average molecular weight is 399 g/mol. The lowest BCUT2D eigenvalue weighted by Gasteiger charge is -2.31. The van der Waals surface area contributed by atoms with E-state index in [1.165, 1.54) is 16.4 Å². The van der Waals surface area contributed by atoms with Crippen molar-refractivity contribution < 1.29 is 17.6 Å². The Labute approximate surface area is 162 Å². The van der Waals surface area contributed by atoms with Crippen molar-refractivity contribution in [3.8, 4) is 0 Å². The third-order valence-electron chi connectivity index (χ3n) is 5.08. The Morgan fingerprint density at radius 3 is 2.30 bits per heavy atom. The molecule has 0 radical (unpaired) electrons. The average Bonchev–Trinajstić information content (AvgIpc) is 2.61. The second-order valence-corrected chi connectivity index (χ2v) is 9.80. The third kappa shape index (κ3) is 6.28. The van der Waals surface area contributed by atoms with Crippen LogP contribution in [0.4, 0.5) is 4.39 Å². The molecule has 0 saturated carbocycles. The Morgan fingerprint density at radius 1 is 1.15 bits per heavy atom. The number of piperidine rings is 1. The van der Waals surface area contributed by atoms with Crippen LogP contribution in [-0.2, 0) is 14.8 Å². The maximum atomic E-state index is 13.0. The maximum absolute atomic E-state index is 13.0. The molecule has 5 nitrogen and oxygen atoms in total. The van der Waals surface area contributed by atoms with Gasteiger partial charge in [-0.05, 0) is 56.4 Å². The molecule has 1 aromatic rings. The molecule has 1 heterocycles. The van der Waals surface area contributed by atoms with Crippen LogP contribution >= 0.6 is 0 Å². The predicted molar refractivity (Wildman–Crippen MR) is 104 cm³/mol. The monoisotopic (exact) mass is 398 g/mol. The minimum atomic E-state index is -3.64. The van der Waals surface area contributed by atoms with Gasteiger partial charge in [0.15, 0.2) is 0 Å². The number of nitrogens with one attached hydrogen (secondary N) is 1. The van der Waals surface area contributed by atoms with E-state index < -0.39 is 15.8 Å². The van der Waals surface area contributed by atoms with Crippen LogP contribution in [0.25, 0.3) is 0 Å². The number of nitrogens with zero attached hydrogens (tertiary/aromatic N) is 1. The van der Waals surface area contributed by atoms with Crippen LogP contribution in [0.3, 0.4) is 0 Å². The summed E-state index contributed by atoms with van der Waals surface area (Å²) in [7, 11) is -3.64. The van der Waals surface area contributed by atoms with Gasteiger partial charge in [-0.1, -0.05) is 26.7 Å². The van der Waals surface area contributed by atoms with Gasteiger partial charge in [-0.3, -0.25) is 4.79 Å². The Balaban J connectivity index is 1.83. The Morgan fingerprint density at radius 2 is 1.74 bits per heavy atom. The highest BCUT2D eigenvalue weighted by Gasteiger charge is 2.32. The summed E-state index contributed by atoms with van der Waals surface area (Å²) in [4.78, 5) is 12.5. The van der Waals surface area contributed by atoms with E-state index in [1.807, 2.05) is 6.92 Å². The van der Waals surface area contributed by atoms with E-state index in [9.17, 15) is 17.6 Å². The summed E-state index contributed by atoms with van der Waals surface area (Å²) in [5.74, 6) is 0.0650. The Kier molecular flexibility index (Phi) is 7.79. The first-order valence-electron chi connectivity index (χ1n) is 9.76. The molecule has 0 aromatic heterocycles. The first-order valence-corrected chi connectivity index (χ1v) is 11.2. The smallest absolute Gasteiger partial charge is 0.243 e. The first-order chi connectivity index (χ1) is 12.7. The molecule has 1 saturated heterocycles. The summed E-state index contributed by atoms with van der Waals surface area (Å²) in [5.41, 5.74) is 0. The molecule has 1 atom stereocenters. The summed E-state index contributed by atoms with van der Waals surface area (Å²) in [5, 5.41) is 3.07. The Hall–Kier alpha value is -1.47. The summed E-state index contributed by atoms with van der Waals surface area (Å²) >= 11 is 0. The highest BCUT2D eigenvalue weighted by atomic mass is 32.2. The van der Waals surface area contributed by atoms with E-state index in [0.717, 1.165) is 31.4 Å². The summed E-state index contributed by atoms with van der Waals surface area (Å²) < 4.78 is 39.7. The molecule has 27 heavy (non-hydrogen) atoms. The molecule has 1 aliphatic heterocycles. The van der Waals surface area contributed by atoms with E-state index in [0.29, 0.717) is 31.8 Å². The van der Waals surface area contributed by atoms with Gasteiger partial charge >= 0.3 is 0 Å². The zero-order valence-corrected chi connectivity index (χ0v) is 17.3. The van der Waals surface area contributed by atoms with Crippen molar-refractivity contribution in [2.45, 2.75) is 63.8 Å². The number of benzene rings is 1. The van der Waals surface area contributed by atoms with Gasteiger partial charge < -0.3 is 5.32 Å². The quantitative estimate of drug-likeness (QED) is 0.728. The Bertz CT molecular complexity index is 711. The van der Waals surface area contributed by atoms with Crippen molar-refractivity contribution >= 4 is 15.9 Å². The number of carbonyl (C=O) groups is 1. The van der Waals surface area contributed by atoms with E-state index in [1.54, 1.807) is 0 Å². The molecule has 2 rings (SSSR count). The SMILES string of the molecule is CC(C)CCC[C@@H](C)NC(=O)C1CCN(S(=O)(=O)c2ccc(F)cc2)CC1. The molecule has 0 spiro atoms. The number of rotatable bonds is 8. The maximum Gasteiger partial charge on any atom is 0.243 e. The van der Waals surface area contributed by atoms with Gasteiger partial charge in [-0.15, -0.1) is 0 Å². The predicted octanol–water partition coefficient (Wildman–Crippen LogP) is 3.56. The molecule has 1 aliphatic rings. The molecule has 1 aromatic carbocycles. The van der Waals surface area contributed by atoms with Crippen LogP contribution in [0.5, 0.6) is 0 Å².